The third-order valence-corrected chi connectivity index (χ3v) is 4.43. The van der Waals surface area contributed by atoms with Crippen LogP contribution in [0.1, 0.15) is 21.7 Å². The van der Waals surface area contributed by atoms with Gasteiger partial charge in [-0.05, 0) is 43.3 Å². The van der Waals surface area contributed by atoms with Crippen LogP contribution >= 0.6 is 22.9 Å². The minimum absolute atomic E-state index is 0.512. The molecule has 0 N–H and O–H groups in total. The first-order valence-corrected chi connectivity index (χ1v) is 7.80. The summed E-state index contributed by atoms with van der Waals surface area (Å²) in [5.74, 6) is 1.53. The van der Waals surface area contributed by atoms with Crippen LogP contribution in [0, 0.1) is 13.8 Å². The molecule has 0 amide bonds. The minimum atomic E-state index is 0.512. The number of hydrogen-bond donors (Lipinski definition) is 0. The van der Waals surface area contributed by atoms with E-state index in [-0.39, 0.29) is 0 Å². The van der Waals surface area contributed by atoms with Crippen LogP contribution in [-0.2, 0) is 12.3 Å². The number of alkyl halides is 1. The number of pyridine rings is 1. The lowest BCUT2D eigenvalue weighted by atomic mass is 10.1. The first kappa shape index (κ1) is 14.4. The predicted molar refractivity (Wildman–Crippen MR) is 84.6 cm³/mol. The number of anilines is 1. The van der Waals surface area contributed by atoms with E-state index in [0.29, 0.717) is 5.88 Å². The fraction of sp³-hybridized carbons (Fsp3) is 0.400. The summed E-state index contributed by atoms with van der Waals surface area (Å²) in [7, 11) is 2.09. The largest absolute Gasteiger partial charge is 0.359 e. The second-order valence-electron chi connectivity index (χ2n) is 4.77. The smallest absolute Gasteiger partial charge is 0.133 e. The SMILES string of the molecule is Cc1cc(C)c(CCl)c(N(C)CCc2cccs2)n1. The van der Waals surface area contributed by atoms with Gasteiger partial charge in [-0.3, -0.25) is 0 Å². The highest BCUT2D eigenvalue weighted by atomic mass is 35.5. The summed E-state index contributed by atoms with van der Waals surface area (Å²) in [6.45, 7) is 5.09. The number of likely N-dealkylation sites (N-methyl/N-ethyl adjacent to an activating group) is 1. The maximum Gasteiger partial charge on any atom is 0.133 e. The summed E-state index contributed by atoms with van der Waals surface area (Å²) in [6, 6.07) is 6.36. The molecule has 0 fully saturated rings. The lowest BCUT2D eigenvalue weighted by molar-refractivity contribution is 0.856. The first-order valence-electron chi connectivity index (χ1n) is 6.38. The molecule has 2 aromatic rings. The van der Waals surface area contributed by atoms with Crippen molar-refractivity contribution in [2.24, 2.45) is 0 Å². The van der Waals surface area contributed by atoms with E-state index in [1.807, 2.05) is 6.92 Å². The maximum atomic E-state index is 6.07. The molecule has 2 rings (SSSR count). The molecule has 2 aromatic heterocycles. The molecule has 0 aromatic carbocycles. The molecule has 0 aliphatic heterocycles. The van der Waals surface area contributed by atoms with Crippen LogP contribution in [0.25, 0.3) is 0 Å². The van der Waals surface area contributed by atoms with Crippen LogP contribution in [0.2, 0.25) is 0 Å². The highest BCUT2D eigenvalue weighted by Crippen LogP contribution is 2.24. The number of aryl methyl sites for hydroxylation is 2. The van der Waals surface area contributed by atoms with Crippen molar-refractivity contribution in [3.8, 4) is 0 Å². The van der Waals surface area contributed by atoms with Crippen LogP contribution in [-0.4, -0.2) is 18.6 Å². The average Bonchev–Trinajstić information content (AvgIpc) is 2.88. The Bertz CT molecular complexity index is 537. The van der Waals surface area contributed by atoms with Gasteiger partial charge in [0.2, 0.25) is 0 Å². The van der Waals surface area contributed by atoms with E-state index >= 15 is 0 Å². The highest BCUT2D eigenvalue weighted by molar-refractivity contribution is 7.09. The van der Waals surface area contributed by atoms with Gasteiger partial charge in [-0.25, -0.2) is 4.98 Å². The number of halogens is 1. The molecule has 0 saturated carbocycles. The third-order valence-electron chi connectivity index (χ3n) is 3.22. The van der Waals surface area contributed by atoms with Gasteiger partial charge in [-0.2, -0.15) is 0 Å². The van der Waals surface area contributed by atoms with Gasteiger partial charge in [0.05, 0.1) is 5.88 Å². The van der Waals surface area contributed by atoms with Gasteiger partial charge in [0.25, 0.3) is 0 Å². The fourth-order valence-corrected chi connectivity index (χ4v) is 3.19. The molecule has 2 heterocycles. The summed E-state index contributed by atoms with van der Waals surface area (Å²) in [5, 5.41) is 2.12. The molecule has 0 aliphatic rings. The van der Waals surface area contributed by atoms with Gasteiger partial charge in [-0.1, -0.05) is 6.07 Å². The van der Waals surface area contributed by atoms with Crippen molar-refractivity contribution < 1.29 is 0 Å². The van der Waals surface area contributed by atoms with Gasteiger partial charge >= 0.3 is 0 Å². The molecule has 4 heteroatoms. The predicted octanol–water partition coefficient (Wildman–Crippen LogP) is 4.18. The van der Waals surface area contributed by atoms with Crippen molar-refractivity contribution in [2.75, 3.05) is 18.5 Å². The van der Waals surface area contributed by atoms with E-state index in [2.05, 4.69) is 47.4 Å². The monoisotopic (exact) mass is 294 g/mol. The molecule has 0 saturated heterocycles. The Hall–Kier alpha value is -1.06. The van der Waals surface area contributed by atoms with Crippen LogP contribution < -0.4 is 4.90 Å². The molecule has 102 valence electrons. The van der Waals surface area contributed by atoms with E-state index in [0.717, 1.165) is 30.0 Å². The molecular formula is C15H19ClN2S. The van der Waals surface area contributed by atoms with Crippen molar-refractivity contribution >= 4 is 28.8 Å². The van der Waals surface area contributed by atoms with E-state index in [1.54, 1.807) is 11.3 Å². The number of thiophene rings is 1. The van der Waals surface area contributed by atoms with Crippen molar-refractivity contribution in [2.45, 2.75) is 26.1 Å². The van der Waals surface area contributed by atoms with Crippen molar-refractivity contribution in [3.05, 3.63) is 45.3 Å². The van der Waals surface area contributed by atoms with Crippen LogP contribution in [0.3, 0.4) is 0 Å². The lowest BCUT2D eigenvalue weighted by Gasteiger charge is -2.22. The molecule has 0 radical (unpaired) electrons. The van der Waals surface area contributed by atoms with Crippen LogP contribution in [0.5, 0.6) is 0 Å². The Morgan fingerprint density at radius 1 is 1.37 bits per heavy atom. The Kier molecular flexibility index (Phi) is 4.83. The standard InChI is InChI=1S/C15H19ClN2S/c1-11-9-12(2)17-15(14(11)10-16)18(3)7-6-13-5-4-8-19-13/h4-5,8-9H,6-7,10H2,1-3H3. The minimum Gasteiger partial charge on any atom is -0.359 e. The Balaban J connectivity index is 2.16. The number of rotatable bonds is 5. The average molecular weight is 295 g/mol. The molecule has 19 heavy (non-hydrogen) atoms. The van der Waals surface area contributed by atoms with Crippen LogP contribution in [0.4, 0.5) is 5.82 Å². The Morgan fingerprint density at radius 2 is 2.16 bits per heavy atom. The summed E-state index contributed by atoms with van der Waals surface area (Å²) in [4.78, 5) is 8.26. The maximum absolute atomic E-state index is 6.07. The second kappa shape index (κ2) is 6.40. The topological polar surface area (TPSA) is 16.1 Å². The zero-order valence-electron chi connectivity index (χ0n) is 11.6. The van der Waals surface area contributed by atoms with E-state index < -0.39 is 0 Å². The molecule has 2 nitrogen and oxygen atoms in total. The summed E-state index contributed by atoms with van der Waals surface area (Å²) < 4.78 is 0. The third kappa shape index (κ3) is 3.48. The highest BCUT2D eigenvalue weighted by Gasteiger charge is 2.12. The molecule has 0 aliphatic carbocycles. The van der Waals surface area contributed by atoms with Gasteiger partial charge < -0.3 is 4.90 Å². The number of aromatic nitrogens is 1. The molecular weight excluding hydrogens is 276 g/mol. The summed E-state index contributed by atoms with van der Waals surface area (Å²) in [5.41, 5.74) is 3.41. The van der Waals surface area contributed by atoms with Gasteiger partial charge in [0.1, 0.15) is 5.82 Å². The van der Waals surface area contributed by atoms with E-state index in [4.69, 9.17) is 11.6 Å². The van der Waals surface area contributed by atoms with Crippen molar-refractivity contribution in [3.63, 3.8) is 0 Å². The van der Waals surface area contributed by atoms with E-state index in [9.17, 15) is 0 Å². The molecule has 0 unspecified atom stereocenters. The number of nitrogens with zero attached hydrogens (tertiary/aromatic N) is 2. The second-order valence-corrected chi connectivity index (χ2v) is 6.07. The Morgan fingerprint density at radius 3 is 2.79 bits per heavy atom. The zero-order valence-corrected chi connectivity index (χ0v) is 13.2. The van der Waals surface area contributed by atoms with Gasteiger partial charge in [0, 0.05) is 29.7 Å². The molecule has 0 spiro atoms. The number of hydrogen-bond acceptors (Lipinski definition) is 3. The van der Waals surface area contributed by atoms with Crippen LogP contribution in [0.15, 0.2) is 23.6 Å². The lowest BCUT2D eigenvalue weighted by Crippen LogP contribution is -2.23. The first-order chi connectivity index (χ1) is 9.11. The van der Waals surface area contributed by atoms with Gasteiger partial charge in [0.15, 0.2) is 0 Å². The summed E-state index contributed by atoms with van der Waals surface area (Å²) in [6.07, 6.45) is 1.05. The zero-order chi connectivity index (χ0) is 13.8. The van der Waals surface area contributed by atoms with Crippen molar-refractivity contribution in [1.82, 2.24) is 4.98 Å². The van der Waals surface area contributed by atoms with Crippen molar-refractivity contribution in [1.29, 1.82) is 0 Å². The normalized spacial score (nSPS) is 10.7. The fourth-order valence-electron chi connectivity index (χ4n) is 2.16. The molecule has 0 bridgehead atoms. The Labute approximate surface area is 124 Å². The van der Waals surface area contributed by atoms with Gasteiger partial charge in [-0.15, -0.1) is 22.9 Å². The van der Waals surface area contributed by atoms with E-state index in [1.165, 1.54) is 10.4 Å². The molecule has 0 atom stereocenters. The quantitative estimate of drug-likeness (QED) is 0.769. The summed E-state index contributed by atoms with van der Waals surface area (Å²) >= 11 is 7.87.